The lowest BCUT2D eigenvalue weighted by Gasteiger charge is -2.24. The van der Waals surface area contributed by atoms with Crippen LogP contribution in [0.15, 0.2) is 12.5 Å². The first-order valence-electron chi connectivity index (χ1n) is 6.72. The van der Waals surface area contributed by atoms with Crippen LogP contribution in [0.5, 0.6) is 0 Å². The first kappa shape index (κ1) is 12.8. The Kier molecular flexibility index (Phi) is 3.04. The third-order valence-electron chi connectivity index (χ3n) is 4.14. The Morgan fingerprint density at radius 1 is 1.45 bits per heavy atom. The smallest absolute Gasteiger partial charge is 0.311 e. The number of carboxylic acids is 1. The lowest BCUT2D eigenvalue weighted by atomic mass is 9.86. The average molecular weight is 275 g/mol. The molecule has 0 radical (unpaired) electrons. The van der Waals surface area contributed by atoms with Crippen LogP contribution in [-0.2, 0) is 11.8 Å². The Hall–Kier alpha value is -2.18. The van der Waals surface area contributed by atoms with E-state index in [-0.39, 0.29) is 0 Å². The summed E-state index contributed by atoms with van der Waals surface area (Å²) in [6.07, 6.45) is 6.54. The van der Waals surface area contributed by atoms with E-state index in [1.807, 2.05) is 7.05 Å². The van der Waals surface area contributed by atoms with Crippen LogP contribution in [0, 0.1) is 5.41 Å². The third-order valence-corrected chi connectivity index (χ3v) is 4.14. The zero-order valence-electron chi connectivity index (χ0n) is 11.3. The SMILES string of the molecule is Cn1ncc2c(NCC3(C(=O)O)CCCC3)ncnc21. The lowest BCUT2D eigenvalue weighted by molar-refractivity contribution is -0.147. The molecule has 7 heteroatoms. The molecule has 0 spiro atoms. The molecule has 1 fully saturated rings. The van der Waals surface area contributed by atoms with E-state index in [1.165, 1.54) is 6.33 Å². The molecule has 1 saturated carbocycles. The monoisotopic (exact) mass is 275 g/mol. The number of hydrogen-bond donors (Lipinski definition) is 2. The average Bonchev–Trinajstić information content (AvgIpc) is 3.05. The van der Waals surface area contributed by atoms with Gasteiger partial charge in [0.05, 0.1) is 17.0 Å². The van der Waals surface area contributed by atoms with Gasteiger partial charge in [-0.25, -0.2) is 9.97 Å². The van der Waals surface area contributed by atoms with Gasteiger partial charge in [-0.1, -0.05) is 12.8 Å². The second kappa shape index (κ2) is 4.73. The van der Waals surface area contributed by atoms with Gasteiger partial charge < -0.3 is 10.4 Å². The van der Waals surface area contributed by atoms with Crippen molar-refractivity contribution >= 4 is 22.8 Å². The van der Waals surface area contributed by atoms with E-state index in [1.54, 1.807) is 10.9 Å². The Morgan fingerprint density at radius 3 is 2.90 bits per heavy atom. The van der Waals surface area contributed by atoms with Gasteiger partial charge in [0, 0.05) is 13.6 Å². The molecule has 2 aromatic heterocycles. The summed E-state index contributed by atoms with van der Waals surface area (Å²) in [6.45, 7) is 0.392. The second-order valence-corrected chi connectivity index (χ2v) is 5.37. The van der Waals surface area contributed by atoms with Crippen molar-refractivity contribution in [2.24, 2.45) is 12.5 Å². The summed E-state index contributed by atoms with van der Waals surface area (Å²) < 4.78 is 1.67. The highest BCUT2D eigenvalue weighted by molar-refractivity contribution is 5.86. The molecule has 0 aromatic carbocycles. The minimum absolute atomic E-state index is 0.392. The summed E-state index contributed by atoms with van der Waals surface area (Å²) >= 11 is 0. The fraction of sp³-hybridized carbons (Fsp3) is 0.538. The van der Waals surface area contributed by atoms with Gasteiger partial charge in [-0.15, -0.1) is 0 Å². The number of fused-ring (bicyclic) bond motifs is 1. The Labute approximate surface area is 116 Å². The highest BCUT2D eigenvalue weighted by atomic mass is 16.4. The lowest BCUT2D eigenvalue weighted by Crippen LogP contribution is -2.35. The maximum atomic E-state index is 11.5. The molecule has 1 aliphatic rings. The standard InChI is InChI=1S/C13H17N5O2/c1-18-11-9(6-17-18)10(15-8-16-11)14-7-13(12(19)20)4-2-3-5-13/h6,8H,2-5,7H2,1H3,(H,19,20)(H,14,15,16). The van der Waals surface area contributed by atoms with Crippen LogP contribution >= 0.6 is 0 Å². The quantitative estimate of drug-likeness (QED) is 0.876. The van der Waals surface area contributed by atoms with E-state index in [0.29, 0.717) is 12.4 Å². The largest absolute Gasteiger partial charge is 0.481 e. The molecule has 0 aliphatic heterocycles. The van der Waals surface area contributed by atoms with Crippen LogP contribution in [0.25, 0.3) is 11.0 Å². The molecule has 0 atom stereocenters. The molecule has 106 valence electrons. The van der Waals surface area contributed by atoms with Gasteiger partial charge in [0.25, 0.3) is 0 Å². The molecule has 0 saturated heterocycles. The number of carbonyl (C=O) groups is 1. The third kappa shape index (κ3) is 1.99. The predicted molar refractivity (Wildman–Crippen MR) is 73.3 cm³/mol. The Bertz CT molecular complexity index is 645. The fourth-order valence-corrected chi connectivity index (χ4v) is 2.87. The van der Waals surface area contributed by atoms with E-state index < -0.39 is 11.4 Å². The number of aryl methyl sites for hydroxylation is 1. The van der Waals surface area contributed by atoms with Crippen LogP contribution < -0.4 is 5.32 Å². The molecular weight excluding hydrogens is 258 g/mol. The molecule has 2 N–H and O–H groups in total. The van der Waals surface area contributed by atoms with Crippen LogP contribution in [0.1, 0.15) is 25.7 Å². The van der Waals surface area contributed by atoms with Crippen LogP contribution in [0.2, 0.25) is 0 Å². The number of aliphatic carboxylic acids is 1. The molecule has 0 unspecified atom stereocenters. The molecule has 1 aliphatic carbocycles. The van der Waals surface area contributed by atoms with E-state index in [2.05, 4.69) is 20.4 Å². The van der Waals surface area contributed by atoms with Crippen molar-refractivity contribution in [2.75, 3.05) is 11.9 Å². The Morgan fingerprint density at radius 2 is 2.20 bits per heavy atom. The summed E-state index contributed by atoms with van der Waals surface area (Å²) in [5.74, 6) is -0.0744. The maximum absolute atomic E-state index is 11.5. The van der Waals surface area contributed by atoms with E-state index in [9.17, 15) is 9.90 Å². The summed E-state index contributed by atoms with van der Waals surface area (Å²) in [4.78, 5) is 19.9. The van der Waals surface area contributed by atoms with Crippen molar-refractivity contribution in [3.63, 3.8) is 0 Å². The fourth-order valence-electron chi connectivity index (χ4n) is 2.87. The van der Waals surface area contributed by atoms with Gasteiger partial charge in [0.2, 0.25) is 0 Å². The molecule has 2 aromatic rings. The van der Waals surface area contributed by atoms with Gasteiger partial charge in [-0.05, 0) is 12.8 Å². The van der Waals surface area contributed by atoms with Crippen molar-refractivity contribution in [3.05, 3.63) is 12.5 Å². The molecule has 20 heavy (non-hydrogen) atoms. The van der Waals surface area contributed by atoms with Crippen molar-refractivity contribution in [1.82, 2.24) is 19.7 Å². The van der Waals surface area contributed by atoms with Gasteiger partial charge in [-0.2, -0.15) is 5.10 Å². The van der Waals surface area contributed by atoms with Crippen LogP contribution in [0.4, 0.5) is 5.82 Å². The minimum Gasteiger partial charge on any atom is -0.481 e. The number of aromatic nitrogens is 4. The zero-order chi connectivity index (χ0) is 14.2. The summed E-state index contributed by atoms with van der Waals surface area (Å²) in [6, 6.07) is 0. The minimum atomic E-state index is -0.723. The topological polar surface area (TPSA) is 92.9 Å². The molecular formula is C13H17N5O2. The Balaban J connectivity index is 1.85. The first-order chi connectivity index (χ1) is 9.62. The first-order valence-corrected chi connectivity index (χ1v) is 6.72. The number of carboxylic acid groups (broad SMARTS) is 1. The van der Waals surface area contributed by atoms with Crippen LogP contribution in [0.3, 0.4) is 0 Å². The molecule has 0 bridgehead atoms. The van der Waals surface area contributed by atoms with Crippen molar-refractivity contribution in [2.45, 2.75) is 25.7 Å². The molecule has 7 nitrogen and oxygen atoms in total. The zero-order valence-corrected chi connectivity index (χ0v) is 11.3. The summed E-state index contributed by atoms with van der Waals surface area (Å²) in [5, 5.41) is 17.6. The maximum Gasteiger partial charge on any atom is 0.311 e. The van der Waals surface area contributed by atoms with Crippen molar-refractivity contribution < 1.29 is 9.90 Å². The molecule has 0 amide bonds. The highest BCUT2D eigenvalue weighted by Gasteiger charge is 2.41. The molecule has 3 rings (SSSR count). The van der Waals surface area contributed by atoms with Gasteiger partial charge in [0.15, 0.2) is 5.65 Å². The highest BCUT2D eigenvalue weighted by Crippen LogP contribution is 2.38. The second-order valence-electron chi connectivity index (χ2n) is 5.37. The number of rotatable bonds is 4. The number of hydrogen-bond acceptors (Lipinski definition) is 5. The molecule has 2 heterocycles. The predicted octanol–water partition coefficient (Wildman–Crippen LogP) is 1.42. The normalized spacial score (nSPS) is 17.4. The number of anilines is 1. The summed E-state index contributed by atoms with van der Waals surface area (Å²) in [7, 11) is 1.81. The van der Waals surface area contributed by atoms with Crippen molar-refractivity contribution in [1.29, 1.82) is 0 Å². The summed E-state index contributed by atoms with van der Waals surface area (Å²) in [5.41, 5.74) is 0.0674. The van der Waals surface area contributed by atoms with Crippen molar-refractivity contribution in [3.8, 4) is 0 Å². The van der Waals surface area contributed by atoms with E-state index >= 15 is 0 Å². The van der Waals surface area contributed by atoms with Gasteiger partial charge in [0.1, 0.15) is 12.1 Å². The van der Waals surface area contributed by atoms with Crippen LogP contribution in [-0.4, -0.2) is 37.4 Å². The van der Waals surface area contributed by atoms with E-state index in [4.69, 9.17) is 0 Å². The van der Waals surface area contributed by atoms with Gasteiger partial charge in [-0.3, -0.25) is 9.48 Å². The number of nitrogens with zero attached hydrogens (tertiary/aromatic N) is 4. The van der Waals surface area contributed by atoms with Gasteiger partial charge >= 0.3 is 5.97 Å². The van der Waals surface area contributed by atoms with E-state index in [0.717, 1.165) is 36.7 Å². The number of nitrogens with one attached hydrogen (secondary N) is 1.